The van der Waals surface area contributed by atoms with Gasteiger partial charge in [0.1, 0.15) is 18.4 Å². The highest BCUT2D eigenvalue weighted by atomic mass is 35.5. The number of nitrogens with one attached hydrogen (secondary N) is 1. The van der Waals surface area contributed by atoms with Crippen LogP contribution < -0.4 is 9.62 Å². The van der Waals surface area contributed by atoms with E-state index in [0.717, 1.165) is 15.5 Å². The third-order valence-electron chi connectivity index (χ3n) is 4.69. The molecule has 2 aromatic carbocycles. The van der Waals surface area contributed by atoms with E-state index in [9.17, 15) is 22.4 Å². The second kappa shape index (κ2) is 11.0. The number of rotatable bonds is 9. The van der Waals surface area contributed by atoms with Crippen molar-refractivity contribution in [1.29, 1.82) is 0 Å². The topological polar surface area (TPSA) is 86.8 Å². The molecule has 1 unspecified atom stereocenters. The highest BCUT2D eigenvalue weighted by Gasteiger charge is 2.30. The molecule has 0 saturated heterocycles. The Labute approximate surface area is 197 Å². The van der Waals surface area contributed by atoms with Crippen LogP contribution in [-0.4, -0.2) is 50.5 Å². The van der Waals surface area contributed by atoms with Crippen molar-refractivity contribution in [2.75, 3.05) is 23.7 Å². The minimum Gasteiger partial charge on any atom is -0.355 e. The molecule has 0 aliphatic rings. The van der Waals surface area contributed by atoms with Crippen LogP contribution in [0.4, 0.5) is 10.1 Å². The molecule has 2 rings (SSSR count). The van der Waals surface area contributed by atoms with Crippen LogP contribution in [-0.2, 0) is 26.2 Å². The smallest absolute Gasteiger partial charge is 0.244 e. The summed E-state index contributed by atoms with van der Waals surface area (Å²) in [7, 11) is -3.90. The number of hydrogen-bond acceptors (Lipinski definition) is 4. The molecule has 0 fully saturated rings. The standard InChI is InChI=1S/C21H24Cl2FN3O4S/c1-4-25-21(29)14(2)26(12-15-7-5-6-8-19(15)24)20(28)13-27(32(3,30)31)16-9-10-17(22)18(23)11-16/h5-11,14H,4,12-13H2,1-3H3,(H,25,29). The van der Waals surface area contributed by atoms with Gasteiger partial charge in [0.05, 0.1) is 22.0 Å². The molecule has 0 bridgehead atoms. The van der Waals surface area contributed by atoms with Crippen molar-refractivity contribution in [2.24, 2.45) is 0 Å². The molecule has 0 radical (unpaired) electrons. The van der Waals surface area contributed by atoms with Crippen molar-refractivity contribution in [3.8, 4) is 0 Å². The molecule has 174 valence electrons. The second-order valence-electron chi connectivity index (χ2n) is 7.05. The minimum atomic E-state index is -3.90. The summed E-state index contributed by atoms with van der Waals surface area (Å²) in [6.07, 6.45) is 0.942. The van der Waals surface area contributed by atoms with Crippen LogP contribution in [0.1, 0.15) is 19.4 Å². The molecule has 7 nitrogen and oxygen atoms in total. The van der Waals surface area contributed by atoms with Crippen LogP contribution in [0, 0.1) is 5.82 Å². The Hall–Kier alpha value is -2.36. The first-order chi connectivity index (χ1) is 15.0. The van der Waals surface area contributed by atoms with Gasteiger partial charge in [0.2, 0.25) is 21.8 Å². The van der Waals surface area contributed by atoms with E-state index >= 15 is 0 Å². The number of amides is 2. The molecule has 0 spiro atoms. The van der Waals surface area contributed by atoms with Crippen molar-refractivity contribution in [2.45, 2.75) is 26.4 Å². The Morgan fingerprint density at radius 1 is 1.12 bits per heavy atom. The average molecular weight is 504 g/mol. The Morgan fingerprint density at radius 2 is 1.78 bits per heavy atom. The fourth-order valence-corrected chi connectivity index (χ4v) is 4.10. The zero-order valence-corrected chi connectivity index (χ0v) is 20.1. The predicted molar refractivity (Wildman–Crippen MR) is 124 cm³/mol. The third-order valence-corrected chi connectivity index (χ3v) is 6.57. The highest BCUT2D eigenvalue weighted by Crippen LogP contribution is 2.28. The highest BCUT2D eigenvalue weighted by molar-refractivity contribution is 7.92. The van der Waals surface area contributed by atoms with Crippen molar-refractivity contribution in [3.05, 3.63) is 63.9 Å². The zero-order valence-electron chi connectivity index (χ0n) is 17.8. The Morgan fingerprint density at radius 3 is 2.34 bits per heavy atom. The average Bonchev–Trinajstić information content (AvgIpc) is 2.72. The zero-order chi connectivity index (χ0) is 24.1. The van der Waals surface area contributed by atoms with Gasteiger partial charge in [-0.3, -0.25) is 13.9 Å². The molecule has 11 heteroatoms. The normalized spacial score (nSPS) is 12.2. The van der Waals surface area contributed by atoms with Gasteiger partial charge in [-0.2, -0.15) is 0 Å². The summed E-state index contributed by atoms with van der Waals surface area (Å²) in [6, 6.07) is 9.03. The van der Waals surface area contributed by atoms with Crippen LogP contribution in [0.15, 0.2) is 42.5 Å². The maximum Gasteiger partial charge on any atom is 0.244 e. The number of carbonyl (C=O) groups is 2. The molecule has 0 heterocycles. The predicted octanol–water partition coefficient (Wildman–Crippen LogP) is 3.45. The van der Waals surface area contributed by atoms with E-state index in [4.69, 9.17) is 23.2 Å². The van der Waals surface area contributed by atoms with Gasteiger partial charge in [-0.15, -0.1) is 0 Å². The first-order valence-corrected chi connectivity index (χ1v) is 12.3. The third kappa shape index (κ3) is 6.57. The molecular formula is C21H24Cl2FN3O4S. The van der Waals surface area contributed by atoms with E-state index < -0.39 is 40.2 Å². The van der Waals surface area contributed by atoms with E-state index in [1.54, 1.807) is 13.0 Å². The number of benzene rings is 2. The van der Waals surface area contributed by atoms with Gasteiger partial charge in [0.15, 0.2) is 0 Å². The lowest BCUT2D eigenvalue weighted by atomic mass is 10.1. The maximum atomic E-state index is 14.3. The number of likely N-dealkylation sites (N-methyl/N-ethyl adjacent to an activating group) is 1. The van der Waals surface area contributed by atoms with Gasteiger partial charge in [-0.05, 0) is 38.1 Å². The monoisotopic (exact) mass is 503 g/mol. The van der Waals surface area contributed by atoms with E-state index in [-0.39, 0.29) is 27.8 Å². The van der Waals surface area contributed by atoms with E-state index in [2.05, 4.69) is 5.32 Å². The first kappa shape index (κ1) is 25.9. The summed E-state index contributed by atoms with van der Waals surface area (Å²) in [5, 5.41) is 2.96. The summed E-state index contributed by atoms with van der Waals surface area (Å²) >= 11 is 11.9. The second-order valence-corrected chi connectivity index (χ2v) is 9.77. The lowest BCUT2D eigenvalue weighted by molar-refractivity contribution is -0.139. The molecule has 32 heavy (non-hydrogen) atoms. The Bertz CT molecular complexity index is 1100. The minimum absolute atomic E-state index is 0.115. The number of carbonyl (C=O) groups excluding carboxylic acids is 2. The van der Waals surface area contributed by atoms with Crippen LogP contribution in [0.2, 0.25) is 10.0 Å². The first-order valence-electron chi connectivity index (χ1n) is 9.69. The molecular weight excluding hydrogens is 480 g/mol. The largest absolute Gasteiger partial charge is 0.355 e. The van der Waals surface area contributed by atoms with Crippen LogP contribution in [0.5, 0.6) is 0 Å². The summed E-state index contributed by atoms with van der Waals surface area (Å²) < 4.78 is 40.0. The summed E-state index contributed by atoms with van der Waals surface area (Å²) in [6.45, 7) is 2.72. The number of nitrogens with zero attached hydrogens (tertiary/aromatic N) is 2. The van der Waals surface area contributed by atoms with E-state index in [1.165, 1.54) is 43.3 Å². The molecule has 2 aromatic rings. The van der Waals surface area contributed by atoms with Crippen molar-refractivity contribution < 1.29 is 22.4 Å². The van der Waals surface area contributed by atoms with Crippen molar-refractivity contribution in [1.82, 2.24) is 10.2 Å². The summed E-state index contributed by atoms with van der Waals surface area (Å²) in [5.74, 6) is -1.68. The molecule has 1 N–H and O–H groups in total. The van der Waals surface area contributed by atoms with E-state index in [1.807, 2.05) is 0 Å². The van der Waals surface area contributed by atoms with Gasteiger partial charge in [0, 0.05) is 18.7 Å². The van der Waals surface area contributed by atoms with Gasteiger partial charge >= 0.3 is 0 Å². The molecule has 0 aromatic heterocycles. The van der Waals surface area contributed by atoms with E-state index in [0.29, 0.717) is 6.54 Å². The van der Waals surface area contributed by atoms with Gasteiger partial charge < -0.3 is 10.2 Å². The van der Waals surface area contributed by atoms with Crippen molar-refractivity contribution in [3.63, 3.8) is 0 Å². The summed E-state index contributed by atoms with van der Waals surface area (Å²) in [4.78, 5) is 26.8. The van der Waals surface area contributed by atoms with Crippen LogP contribution >= 0.6 is 23.2 Å². The fourth-order valence-electron chi connectivity index (χ4n) is 2.97. The van der Waals surface area contributed by atoms with Gasteiger partial charge in [0.25, 0.3) is 0 Å². The maximum absolute atomic E-state index is 14.3. The molecule has 0 saturated carbocycles. The lowest BCUT2D eigenvalue weighted by Crippen LogP contribution is -2.51. The molecule has 1 atom stereocenters. The van der Waals surface area contributed by atoms with Crippen molar-refractivity contribution >= 4 is 50.7 Å². The number of hydrogen-bond donors (Lipinski definition) is 1. The van der Waals surface area contributed by atoms with Crippen LogP contribution in [0.3, 0.4) is 0 Å². The summed E-state index contributed by atoms with van der Waals surface area (Å²) in [5.41, 5.74) is 0.323. The quantitative estimate of drug-likeness (QED) is 0.567. The fraction of sp³-hybridized carbons (Fsp3) is 0.333. The van der Waals surface area contributed by atoms with Gasteiger partial charge in [-0.25, -0.2) is 12.8 Å². The number of sulfonamides is 1. The lowest BCUT2D eigenvalue weighted by Gasteiger charge is -2.31. The Balaban J connectivity index is 2.42. The molecule has 0 aliphatic carbocycles. The number of halogens is 3. The SMILES string of the molecule is CCNC(=O)C(C)N(Cc1ccccc1F)C(=O)CN(c1ccc(Cl)c(Cl)c1)S(C)(=O)=O. The Kier molecular flexibility index (Phi) is 8.89. The number of anilines is 1. The van der Waals surface area contributed by atoms with Gasteiger partial charge in [-0.1, -0.05) is 41.4 Å². The molecule has 0 aliphatic heterocycles. The van der Waals surface area contributed by atoms with Crippen LogP contribution in [0.25, 0.3) is 0 Å². The molecule has 2 amide bonds.